The van der Waals surface area contributed by atoms with Crippen molar-refractivity contribution in [1.82, 2.24) is 9.96 Å². The molecule has 0 saturated carbocycles. The van der Waals surface area contributed by atoms with E-state index in [-0.39, 0.29) is 24.7 Å². The molecule has 7 heteroatoms. The molecule has 2 saturated heterocycles. The first kappa shape index (κ1) is 17.5. The van der Waals surface area contributed by atoms with Gasteiger partial charge in [0.1, 0.15) is 12.2 Å². The van der Waals surface area contributed by atoms with E-state index in [1.165, 1.54) is 5.06 Å². The number of carbonyl (C=O) groups excluding carboxylic acids is 2. The molecule has 2 fully saturated rings. The first-order valence-electron chi connectivity index (χ1n) is 8.44. The Labute approximate surface area is 147 Å². The molecule has 7 nitrogen and oxygen atoms in total. The molecule has 0 spiro atoms. The molecule has 0 aromatic heterocycles. The van der Waals surface area contributed by atoms with Crippen molar-refractivity contribution in [1.29, 1.82) is 0 Å². The van der Waals surface area contributed by atoms with Crippen molar-refractivity contribution in [3.05, 3.63) is 35.9 Å². The molecule has 0 radical (unpaired) electrons. The van der Waals surface area contributed by atoms with E-state index in [9.17, 15) is 9.59 Å². The lowest BCUT2D eigenvalue weighted by Crippen LogP contribution is -2.42. The van der Waals surface area contributed by atoms with Crippen LogP contribution in [0.1, 0.15) is 26.3 Å². The van der Waals surface area contributed by atoms with E-state index in [0.29, 0.717) is 19.7 Å². The average Bonchev–Trinajstić information content (AvgIpc) is 3.12. The monoisotopic (exact) mass is 348 g/mol. The van der Waals surface area contributed by atoms with Gasteiger partial charge in [0, 0.05) is 19.0 Å². The normalized spacial score (nSPS) is 22.7. The molecular formula is C18H24N2O5. The van der Waals surface area contributed by atoms with Crippen LogP contribution in [0.25, 0.3) is 0 Å². The fourth-order valence-electron chi connectivity index (χ4n) is 3.01. The molecule has 1 aromatic rings. The molecule has 2 atom stereocenters. The van der Waals surface area contributed by atoms with E-state index in [0.717, 1.165) is 5.56 Å². The zero-order valence-corrected chi connectivity index (χ0v) is 14.8. The Morgan fingerprint density at radius 1 is 1.16 bits per heavy atom. The smallest absolute Gasteiger partial charge is 0.434 e. The van der Waals surface area contributed by atoms with Gasteiger partial charge in [-0.25, -0.2) is 9.59 Å². The molecule has 1 aromatic carbocycles. The molecule has 2 aliphatic heterocycles. The summed E-state index contributed by atoms with van der Waals surface area (Å²) in [5.41, 5.74) is 0.347. The summed E-state index contributed by atoms with van der Waals surface area (Å²) in [5, 5.41) is 1.26. The van der Waals surface area contributed by atoms with Gasteiger partial charge in [0.2, 0.25) is 0 Å². The highest BCUT2D eigenvalue weighted by atomic mass is 16.7. The van der Waals surface area contributed by atoms with Crippen LogP contribution in [0.2, 0.25) is 0 Å². The van der Waals surface area contributed by atoms with Gasteiger partial charge in [-0.3, -0.25) is 4.84 Å². The number of likely N-dealkylation sites (tertiary alicyclic amines) is 1. The van der Waals surface area contributed by atoms with Gasteiger partial charge in [0.15, 0.2) is 0 Å². The van der Waals surface area contributed by atoms with Crippen LogP contribution in [-0.4, -0.2) is 53.5 Å². The van der Waals surface area contributed by atoms with Gasteiger partial charge in [-0.1, -0.05) is 30.3 Å². The van der Waals surface area contributed by atoms with Crippen molar-refractivity contribution in [2.75, 3.05) is 19.7 Å². The quantitative estimate of drug-likeness (QED) is 0.822. The van der Waals surface area contributed by atoms with Crippen LogP contribution in [0.15, 0.2) is 30.3 Å². The number of hydroxylamine groups is 2. The first-order chi connectivity index (χ1) is 11.8. The lowest BCUT2D eigenvalue weighted by Gasteiger charge is -2.27. The van der Waals surface area contributed by atoms with E-state index in [2.05, 4.69) is 0 Å². The lowest BCUT2D eigenvalue weighted by atomic mass is 10.1. The Bertz CT molecular complexity index is 628. The Balaban J connectivity index is 1.54. The van der Waals surface area contributed by atoms with Gasteiger partial charge in [-0.15, -0.1) is 0 Å². The maximum absolute atomic E-state index is 12.3. The van der Waals surface area contributed by atoms with Crippen molar-refractivity contribution in [3.8, 4) is 0 Å². The Morgan fingerprint density at radius 2 is 1.88 bits per heavy atom. The fraction of sp³-hybridized carbons (Fsp3) is 0.556. The molecule has 136 valence electrons. The summed E-state index contributed by atoms with van der Waals surface area (Å²) in [5.74, 6) is 0.0804. The predicted octanol–water partition coefficient (Wildman–Crippen LogP) is 2.81. The molecule has 0 N–H and O–H groups in total. The molecule has 3 rings (SSSR count). The Morgan fingerprint density at radius 3 is 2.56 bits per heavy atom. The summed E-state index contributed by atoms with van der Waals surface area (Å²) >= 11 is 0. The van der Waals surface area contributed by atoms with Crippen LogP contribution in [-0.2, 0) is 20.9 Å². The van der Waals surface area contributed by atoms with Gasteiger partial charge in [-0.05, 0) is 26.3 Å². The maximum atomic E-state index is 12.3. The highest BCUT2D eigenvalue weighted by Gasteiger charge is 2.48. The van der Waals surface area contributed by atoms with Gasteiger partial charge in [0.25, 0.3) is 0 Å². The van der Waals surface area contributed by atoms with Crippen LogP contribution in [0, 0.1) is 5.92 Å². The van der Waals surface area contributed by atoms with Crippen molar-refractivity contribution in [2.45, 2.75) is 39.0 Å². The summed E-state index contributed by atoms with van der Waals surface area (Å²) in [6.45, 7) is 6.94. The van der Waals surface area contributed by atoms with Crippen LogP contribution < -0.4 is 0 Å². The number of ether oxygens (including phenoxy) is 2. The van der Waals surface area contributed by atoms with E-state index in [4.69, 9.17) is 14.3 Å². The third-order valence-electron chi connectivity index (χ3n) is 4.17. The molecule has 0 bridgehead atoms. The van der Waals surface area contributed by atoms with E-state index < -0.39 is 11.7 Å². The van der Waals surface area contributed by atoms with Gasteiger partial charge < -0.3 is 14.4 Å². The summed E-state index contributed by atoms with van der Waals surface area (Å²) in [6, 6.07) is 9.34. The minimum absolute atomic E-state index is 0.0804. The first-order valence-corrected chi connectivity index (χ1v) is 8.44. The molecular weight excluding hydrogens is 324 g/mol. The Hall–Kier alpha value is -2.28. The number of hydrogen-bond donors (Lipinski definition) is 0. The second-order valence-electron chi connectivity index (χ2n) is 7.37. The lowest BCUT2D eigenvalue weighted by molar-refractivity contribution is -0.126. The minimum atomic E-state index is -0.592. The highest BCUT2D eigenvalue weighted by molar-refractivity contribution is 5.70. The summed E-state index contributed by atoms with van der Waals surface area (Å²) in [4.78, 5) is 31.6. The molecule has 0 unspecified atom stereocenters. The van der Waals surface area contributed by atoms with Crippen LogP contribution in [0.4, 0.5) is 9.59 Å². The largest absolute Gasteiger partial charge is 0.445 e. The Kier molecular flexibility index (Phi) is 4.85. The molecule has 25 heavy (non-hydrogen) atoms. The van der Waals surface area contributed by atoms with Crippen LogP contribution in [0.3, 0.4) is 0 Å². The van der Waals surface area contributed by atoms with Gasteiger partial charge in [0.05, 0.1) is 12.6 Å². The highest BCUT2D eigenvalue weighted by Crippen LogP contribution is 2.30. The third-order valence-corrected chi connectivity index (χ3v) is 4.17. The molecule has 2 heterocycles. The third kappa shape index (κ3) is 4.22. The number of fused-ring (bicyclic) bond motifs is 1. The molecule has 2 amide bonds. The number of carbonyl (C=O) groups is 2. The van der Waals surface area contributed by atoms with E-state index >= 15 is 0 Å². The zero-order chi connectivity index (χ0) is 18.0. The molecule has 2 aliphatic rings. The predicted molar refractivity (Wildman–Crippen MR) is 89.5 cm³/mol. The second kappa shape index (κ2) is 6.92. The maximum Gasteiger partial charge on any atom is 0.434 e. The number of amides is 2. The number of benzene rings is 1. The SMILES string of the molecule is CC(C)(C)OC(=O)N1OC[C@H]2CN(C(=O)OCc3ccccc3)C[C@H]21. The number of hydrogen-bond acceptors (Lipinski definition) is 5. The zero-order valence-electron chi connectivity index (χ0n) is 14.8. The van der Waals surface area contributed by atoms with Crippen molar-refractivity contribution in [3.63, 3.8) is 0 Å². The standard InChI is InChI=1S/C18H24N2O5/c1-18(2,3)25-17(22)20-15-10-19(9-14(15)12-24-20)16(21)23-11-13-7-5-4-6-8-13/h4-8,14-15H,9-12H2,1-3H3/t14-,15-/m1/s1. The van der Waals surface area contributed by atoms with Crippen LogP contribution >= 0.6 is 0 Å². The van der Waals surface area contributed by atoms with Crippen molar-refractivity contribution < 1.29 is 23.9 Å². The van der Waals surface area contributed by atoms with Crippen LogP contribution in [0.5, 0.6) is 0 Å². The number of rotatable bonds is 2. The van der Waals surface area contributed by atoms with E-state index in [1.54, 1.807) is 25.7 Å². The fourth-order valence-corrected chi connectivity index (χ4v) is 3.01. The summed E-state index contributed by atoms with van der Waals surface area (Å²) in [7, 11) is 0. The number of nitrogens with zero attached hydrogens (tertiary/aromatic N) is 2. The van der Waals surface area contributed by atoms with Gasteiger partial charge in [-0.2, -0.15) is 5.06 Å². The second-order valence-corrected chi connectivity index (χ2v) is 7.37. The average molecular weight is 348 g/mol. The summed E-state index contributed by atoms with van der Waals surface area (Å²) in [6.07, 6.45) is -0.887. The van der Waals surface area contributed by atoms with E-state index in [1.807, 2.05) is 30.3 Å². The van der Waals surface area contributed by atoms with Gasteiger partial charge >= 0.3 is 12.2 Å². The van der Waals surface area contributed by atoms with Crippen molar-refractivity contribution in [2.24, 2.45) is 5.92 Å². The topological polar surface area (TPSA) is 68.3 Å². The van der Waals surface area contributed by atoms with Crippen molar-refractivity contribution >= 4 is 12.2 Å². The summed E-state index contributed by atoms with van der Waals surface area (Å²) < 4.78 is 10.7. The molecule has 0 aliphatic carbocycles. The minimum Gasteiger partial charge on any atom is -0.445 e.